The monoisotopic (exact) mass is 995 g/mol. The molecular formula is C54H78N2O15. The van der Waals surface area contributed by atoms with Gasteiger partial charge in [0.2, 0.25) is 5.79 Å². The van der Waals surface area contributed by atoms with Gasteiger partial charge in [-0.15, -0.1) is 6.58 Å². The summed E-state index contributed by atoms with van der Waals surface area (Å²) in [4.78, 5) is 83.3. The topological polar surface area (TPSA) is 223 Å². The summed E-state index contributed by atoms with van der Waals surface area (Å²) in [7, 11) is 5.89. The highest BCUT2D eigenvalue weighted by Crippen LogP contribution is 2.39. The third kappa shape index (κ3) is 14.7. The number of fused-ring (bicyclic) bond motifs is 3. The zero-order chi connectivity index (χ0) is 52.2. The van der Waals surface area contributed by atoms with E-state index in [2.05, 4.69) is 11.9 Å². The molecule has 0 radical (unpaired) electrons. The van der Waals surface area contributed by atoms with Crippen molar-refractivity contribution >= 4 is 41.2 Å². The minimum Gasteiger partial charge on any atom is -0.469 e. The van der Waals surface area contributed by atoms with Gasteiger partial charge >= 0.3 is 18.0 Å². The highest BCUT2D eigenvalue weighted by molar-refractivity contribution is 6.39. The number of aliphatic hydroxyl groups excluding tert-OH is 1. The molecule has 3 fully saturated rings. The van der Waals surface area contributed by atoms with Gasteiger partial charge in [0.05, 0.1) is 37.9 Å². The number of cyclic esters (lactones) is 1. The van der Waals surface area contributed by atoms with E-state index in [1.54, 1.807) is 51.1 Å². The SMILES string of the molecule is C=CCC1C=C(C)CC(C)CC(OC)C2OC(O)(C(=O)C(=O)N3CCCCC3C(=O)OC(C(C)=CC3CCC(OC(=O)Nc4ccc(CC(=O)OC)cc4)C(OC)C3)C(C)C(O)CC1=O)C(C)CC2OC. The number of Topliss-reactive ketones (excluding diaryl/α,β-unsaturated/α-hetero) is 2. The number of amides is 2. The number of hydrogen-bond donors (Lipinski definition) is 3. The van der Waals surface area contributed by atoms with Crippen LogP contribution < -0.4 is 5.32 Å². The molecule has 71 heavy (non-hydrogen) atoms. The molecule has 2 saturated heterocycles. The molecule has 0 spiro atoms. The summed E-state index contributed by atoms with van der Waals surface area (Å²) in [6.45, 7) is 13.0. The predicted octanol–water partition coefficient (Wildman–Crippen LogP) is 6.61. The molecular weight excluding hydrogens is 917 g/mol. The summed E-state index contributed by atoms with van der Waals surface area (Å²) in [5.41, 5.74) is 2.72. The molecule has 4 aliphatic rings. The highest BCUT2D eigenvalue weighted by Gasteiger charge is 2.56. The van der Waals surface area contributed by atoms with Gasteiger partial charge in [-0.1, -0.05) is 56.7 Å². The molecule has 0 aromatic heterocycles. The van der Waals surface area contributed by atoms with Crippen LogP contribution in [0.1, 0.15) is 111 Å². The number of piperidine rings is 1. The second-order valence-corrected chi connectivity index (χ2v) is 20.2. The number of methoxy groups -OCH3 is 4. The second-order valence-electron chi connectivity index (χ2n) is 20.2. The van der Waals surface area contributed by atoms with Crippen molar-refractivity contribution in [1.29, 1.82) is 0 Å². The van der Waals surface area contributed by atoms with Gasteiger partial charge in [0, 0.05) is 57.7 Å². The molecule has 5 rings (SSSR count). The summed E-state index contributed by atoms with van der Waals surface area (Å²) >= 11 is 0. The molecule has 2 bridgehead atoms. The van der Waals surface area contributed by atoms with Gasteiger partial charge in [-0.05, 0) is 113 Å². The molecule has 2 amide bonds. The Balaban J connectivity index is 1.43. The number of esters is 2. The Morgan fingerprint density at radius 2 is 1.58 bits per heavy atom. The summed E-state index contributed by atoms with van der Waals surface area (Å²) in [6.07, 6.45) is 3.32. The van der Waals surface area contributed by atoms with Crippen LogP contribution in [-0.2, 0) is 63.6 Å². The standard InChI is InChI=1S/C54H78N2O15/c1-11-14-38-24-31(2)23-32(3)25-45(66-8)49-46(67-9)27-34(5)54(64,71-49)50(60)51(61)56-22-13-12-15-40(56)52(62)70-48(35(6)41(57)30-42(38)58)33(4)26-37-18-21-43(44(28-37)65-7)69-53(63)55-39-19-16-36(17-20-39)29-47(59)68-10/h11,16-17,19-20,24,26,32,34-35,37-38,40-41,43-46,48-49,57,64H,1,12-15,18,21-23,25,27-30H2,2-10H3,(H,55,63). The number of ketones is 2. The maximum absolute atomic E-state index is 14.6. The Morgan fingerprint density at radius 3 is 2.23 bits per heavy atom. The van der Waals surface area contributed by atoms with Crippen LogP contribution in [0.2, 0.25) is 0 Å². The first-order chi connectivity index (χ1) is 33.8. The number of anilines is 1. The van der Waals surface area contributed by atoms with Gasteiger partial charge in [0.25, 0.3) is 11.7 Å². The lowest BCUT2D eigenvalue weighted by molar-refractivity contribution is -0.302. The van der Waals surface area contributed by atoms with Crippen LogP contribution in [0.3, 0.4) is 0 Å². The van der Waals surface area contributed by atoms with Crippen LogP contribution in [0.4, 0.5) is 10.5 Å². The van der Waals surface area contributed by atoms with Crippen LogP contribution in [0.5, 0.6) is 0 Å². The number of rotatable bonds is 11. The average molecular weight is 995 g/mol. The first-order valence-electron chi connectivity index (χ1n) is 25.1. The van der Waals surface area contributed by atoms with Gasteiger partial charge < -0.3 is 48.3 Å². The number of allylic oxidation sites excluding steroid dienone is 4. The van der Waals surface area contributed by atoms with Crippen LogP contribution in [0.15, 0.2) is 60.2 Å². The fourth-order valence-electron chi connectivity index (χ4n) is 10.8. The zero-order valence-corrected chi connectivity index (χ0v) is 43.1. The Hall–Kier alpha value is -4.78. The molecule has 394 valence electrons. The van der Waals surface area contributed by atoms with Crippen molar-refractivity contribution in [1.82, 2.24) is 4.90 Å². The molecule has 3 N–H and O–H groups in total. The Morgan fingerprint density at radius 1 is 0.901 bits per heavy atom. The zero-order valence-electron chi connectivity index (χ0n) is 43.1. The summed E-state index contributed by atoms with van der Waals surface area (Å²) in [5.74, 6) is -8.64. The van der Waals surface area contributed by atoms with Crippen LogP contribution in [0, 0.1) is 29.6 Å². The molecule has 14 unspecified atom stereocenters. The van der Waals surface area contributed by atoms with Crippen molar-refractivity contribution in [3.63, 3.8) is 0 Å². The molecule has 1 aromatic rings. The molecule has 3 aliphatic heterocycles. The Bertz CT molecular complexity index is 2090. The van der Waals surface area contributed by atoms with Gasteiger partial charge in [0.1, 0.15) is 30.1 Å². The molecule has 14 atom stereocenters. The minimum absolute atomic E-state index is 0.0220. The lowest BCUT2D eigenvalue weighted by Gasteiger charge is -2.47. The third-order valence-corrected chi connectivity index (χ3v) is 14.9. The third-order valence-electron chi connectivity index (χ3n) is 14.9. The van der Waals surface area contributed by atoms with Crippen LogP contribution >= 0.6 is 0 Å². The summed E-state index contributed by atoms with van der Waals surface area (Å²) in [5, 5.41) is 26.8. The van der Waals surface area contributed by atoms with Crippen molar-refractivity contribution in [2.24, 2.45) is 29.6 Å². The smallest absolute Gasteiger partial charge is 0.411 e. The molecule has 1 aromatic carbocycles. The highest BCUT2D eigenvalue weighted by atomic mass is 16.7. The minimum atomic E-state index is -2.55. The maximum atomic E-state index is 14.6. The van der Waals surface area contributed by atoms with Crippen molar-refractivity contribution in [3.05, 3.63) is 65.8 Å². The van der Waals surface area contributed by atoms with Gasteiger partial charge in [-0.25, -0.2) is 9.59 Å². The fourth-order valence-corrected chi connectivity index (χ4v) is 10.8. The van der Waals surface area contributed by atoms with E-state index in [4.69, 9.17) is 33.2 Å². The van der Waals surface area contributed by atoms with E-state index in [0.717, 1.165) is 16.0 Å². The van der Waals surface area contributed by atoms with Crippen molar-refractivity contribution in [2.75, 3.05) is 40.3 Å². The van der Waals surface area contributed by atoms with E-state index in [9.17, 15) is 39.0 Å². The molecule has 3 heterocycles. The largest absolute Gasteiger partial charge is 0.469 e. The van der Waals surface area contributed by atoms with Crippen molar-refractivity contribution < 1.29 is 72.1 Å². The predicted molar refractivity (Wildman–Crippen MR) is 263 cm³/mol. The number of benzene rings is 1. The van der Waals surface area contributed by atoms with Crippen molar-refractivity contribution in [3.8, 4) is 0 Å². The van der Waals surface area contributed by atoms with E-state index in [-0.39, 0.29) is 55.8 Å². The Labute approximate surface area is 419 Å². The number of carbonyl (C=O) groups is 6. The van der Waals surface area contributed by atoms with Crippen LogP contribution in [0.25, 0.3) is 0 Å². The number of ether oxygens (including phenoxy) is 7. The summed E-state index contributed by atoms with van der Waals surface area (Å²) in [6, 6.07) is 5.55. The fraction of sp³-hybridized carbons (Fsp3) is 0.667. The van der Waals surface area contributed by atoms with E-state index >= 15 is 0 Å². The number of hydrogen-bond acceptors (Lipinski definition) is 15. The lowest BCUT2D eigenvalue weighted by atomic mass is 9.81. The van der Waals surface area contributed by atoms with Gasteiger partial charge in [0.15, 0.2) is 0 Å². The molecule has 1 saturated carbocycles. The second kappa shape index (κ2) is 26.3. The van der Waals surface area contributed by atoms with E-state index in [1.165, 1.54) is 28.4 Å². The number of carbonyl (C=O) groups excluding carboxylic acids is 6. The van der Waals surface area contributed by atoms with Gasteiger partial charge in [-0.2, -0.15) is 0 Å². The molecule has 1 aliphatic carbocycles. The molecule has 17 heteroatoms. The number of aliphatic hydroxyl groups is 2. The first-order valence-corrected chi connectivity index (χ1v) is 25.1. The van der Waals surface area contributed by atoms with Crippen LogP contribution in [-0.4, -0.2) is 140 Å². The number of nitrogens with one attached hydrogen (secondary N) is 1. The quantitative estimate of drug-likeness (QED) is 0.0919. The first kappa shape index (κ1) is 57.1. The lowest BCUT2D eigenvalue weighted by Crippen LogP contribution is -2.64. The van der Waals surface area contributed by atoms with E-state index < -0.39 is 96.1 Å². The van der Waals surface area contributed by atoms with E-state index in [0.29, 0.717) is 62.6 Å². The number of nitrogens with zero attached hydrogens (tertiary/aromatic N) is 1. The molecule has 17 nitrogen and oxygen atoms in total. The summed E-state index contributed by atoms with van der Waals surface area (Å²) < 4.78 is 40.8. The van der Waals surface area contributed by atoms with Crippen molar-refractivity contribution in [2.45, 2.75) is 166 Å². The average Bonchev–Trinajstić information content (AvgIpc) is 3.35. The maximum Gasteiger partial charge on any atom is 0.411 e. The Kier molecular flexibility index (Phi) is 21.1. The van der Waals surface area contributed by atoms with E-state index in [1.807, 2.05) is 26.0 Å². The van der Waals surface area contributed by atoms with Gasteiger partial charge in [-0.3, -0.25) is 24.5 Å². The normalized spacial score (nSPS) is 34.2.